The van der Waals surface area contributed by atoms with Gasteiger partial charge in [0.25, 0.3) is 0 Å². The van der Waals surface area contributed by atoms with Crippen LogP contribution in [-0.2, 0) is 4.79 Å². The summed E-state index contributed by atoms with van der Waals surface area (Å²) < 4.78 is 37.2. The molecule has 0 aliphatic rings. The Morgan fingerprint density at radius 1 is 1.06 bits per heavy atom. The van der Waals surface area contributed by atoms with Crippen LogP contribution in [0, 0.1) is 5.92 Å². The maximum Gasteiger partial charge on any atom is 0.490 e. The van der Waals surface area contributed by atoms with E-state index in [4.69, 9.17) is 19.7 Å². The molecule has 0 saturated heterocycles. The van der Waals surface area contributed by atoms with Crippen molar-refractivity contribution >= 4 is 23.7 Å². The van der Waals surface area contributed by atoms with Gasteiger partial charge in [0.05, 0.1) is 5.56 Å². The number of aromatic carboxylic acids is 1. The number of hydrogen-bond donors (Lipinski definition) is 3. The Kier molecular flexibility index (Phi) is 11.2. The lowest BCUT2D eigenvalue weighted by Crippen LogP contribution is -2.24. The second-order valence-electron chi connectivity index (χ2n) is 8.03. The van der Waals surface area contributed by atoms with E-state index < -0.39 is 24.2 Å². The zero-order valence-electron chi connectivity index (χ0n) is 19.8. The Balaban J connectivity index is 0.000000762. The number of benzene rings is 2. The van der Waals surface area contributed by atoms with Crippen LogP contribution in [0.3, 0.4) is 0 Å². The fraction of sp³-hybridized carbons (Fsp3) is 0.375. The molecule has 2 aromatic carbocycles. The second kappa shape index (κ2) is 13.3. The van der Waals surface area contributed by atoms with Gasteiger partial charge in [0.15, 0.2) is 0 Å². The molecule has 2 aromatic rings. The van der Waals surface area contributed by atoms with Crippen LogP contribution in [0.4, 0.5) is 23.7 Å². The highest BCUT2D eigenvalue weighted by Gasteiger charge is 2.38. The molecule has 0 unspecified atom stereocenters. The molecular formula is C24H29F3N2O6. The van der Waals surface area contributed by atoms with Crippen LogP contribution in [-0.4, -0.2) is 60.0 Å². The van der Waals surface area contributed by atoms with Gasteiger partial charge < -0.3 is 19.8 Å². The standard InChI is InChI=1S/C22H28N2O4.C2HF3O2/c1-5-20(15(2)14-24(3)4)17-7-6-8-19(13-17)28-22(27)23-18-11-9-16(10-12-18)21(25)26;3-2(4,5)1(6)7/h6-13,15,20H,5,14H2,1-4H3,(H,23,27)(H,25,26);(H,6,7)/t15-,20+;/m0./s1. The first kappa shape index (κ1) is 29.4. The molecule has 11 heteroatoms. The molecule has 0 aromatic heterocycles. The molecular weight excluding hydrogens is 469 g/mol. The summed E-state index contributed by atoms with van der Waals surface area (Å²) in [4.78, 5) is 34.1. The molecule has 0 aliphatic heterocycles. The Hall–Kier alpha value is -3.60. The highest BCUT2D eigenvalue weighted by molar-refractivity contribution is 5.90. The smallest absolute Gasteiger partial charge is 0.478 e. The summed E-state index contributed by atoms with van der Waals surface area (Å²) in [6.07, 6.45) is -4.70. The number of nitrogens with zero attached hydrogens (tertiary/aromatic N) is 1. The van der Waals surface area contributed by atoms with Crippen LogP contribution < -0.4 is 10.1 Å². The largest absolute Gasteiger partial charge is 0.490 e. The van der Waals surface area contributed by atoms with Gasteiger partial charge in [-0.1, -0.05) is 26.0 Å². The molecule has 0 spiro atoms. The molecule has 1 amide bonds. The van der Waals surface area contributed by atoms with Crippen molar-refractivity contribution in [2.75, 3.05) is 26.0 Å². The van der Waals surface area contributed by atoms with Crippen molar-refractivity contribution in [1.29, 1.82) is 0 Å². The number of alkyl halides is 3. The van der Waals surface area contributed by atoms with E-state index in [2.05, 4.69) is 44.2 Å². The lowest BCUT2D eigenvalue weighted by molar-refractivity contribution is -0.192. The molecule has 2 rings (SSSR count). The zero-order chi connectivity index (χ0) is 26.8. The van der Waals surface area contributed by atoms with Gasteiger partial charge in [-0.15, -0.1) is 0 Å². The maximum absolute atomic E-state index is 12.2. The minimum Gasteiger partial charge on any atom is -0.478 e. The van der Waals surface area contributed by atoms with E-state index in [0.717, 1.165) is 18.5 Å². The van der Waals surface area contributed by atoms with Gasteiger partial charge in [0.1, 0.15) is 5.75 Å². The predicted molar refractivity (Wildman–Crippen MR) is 124 cm³/mol. The van der Waals surface area contributed by atoms with Crippen molar-refractivity contribution in [3.8, 4) is 5.75 Å². The quantitative estimate of drug-likeness (QED) is 0.451. The van der Waals surface area contributed by atoms with E-state index in [1.807, 2.05) is 12.1 Å². The lowest BCUT2D eigenvalue weighted by Gasteiger charge is -2.26. The minimum absolute atomic E-state index is 0.157. The summed E-state index contributed by atoms with van der Waals surface area (Å²) in [5.41, 5.74) is 1.77. The van der Waals surface area contributed by atoms with Crippen LogP contribution in [0.2, 0.25) is 0 Å². The van der Waals surface area contributed by atoms with E-state index in [1.54, 1.807) is 6.07 Å². The Bertz CT molecular complexity index is 993. The Morgan fingerprint density at radius 3 is 2.09 bits per heavy atom. The number of amides is 1. The Morgan fingerprint density at radius 2 is 1.63 bits per heavy atom. The molecule has 0 fully saturated rings. The van der Waals surface area contributed by atoms with Crippen molar-refractivity contribution in [3.63, 3.8) is 0 Å². The number of nitrogens with one attached hydrogen (secondary N) is 1. The first-order valence-electron chi connectivity index (χ1n) is 10.6. The normalized spacial score (nSPS) is 12.7. The third-order valence-electron chi connectivity index (χ3n) is 4.90. The topological polar surface area (TPSA) is 116 Å². The molecule has 192 valence electrons. The third-order valence-corrected chi connectivity index (χ3v) is 4.90. The lowest BCUT2D eigenvalue weighted by atomic mass is 9.85. The fourth-order valence-electron chi connectivity index (χ4n) is 3.43. The third kappa shape index (κ3) is 10.5. The number of halogens is 3. The number of aliphatic carboxylic acids is 1. The highest BCUT2D eigenvalue weighted by atomic mass is 19.4. The first-order valence-corrected chi connectivity index (χ1v) is 10.6. The van der Waals surface area contributed by atoms with E-state index in [9.17, 15) is 22.8 Å². The number of rotatable bonds is 8. The molecule has 2 atom stereocenters. The number of ether oxygens (including phenoxy) is 1. The molecule has 8 nitrogen and oxygen atoms in total. The monoisotopic (exact) mass is 498 g/mol. The van der Waals surface area contributed by atoms with E-state index in [-0.39, 0.29) is 5.56 Å². The minimum atomic E-state index is -5.08. The van der Waals surface area contributed by atoms with E-state index in [0.29, 0.717) is 23.3 Å². The molecule has 0 aliphatic carbocycles. The van der Waals surface area contributed by atoms with Crippen molar-refractivity contribution < 1.29 is 42.5 Å². The van der Waals surface area contributed by atoms with Gasteiger partial charge in [-0.2, -0.15) is 13.2 Å². The van der Waals surface area contributed by atoms with Crippen LogP contribution in [0.15, 0.2) is 48.5 Å². The van der Waals surface area contributed by atoms with Gasteiger partial charge >= 0.3 is 24.2 Å². The summed E-state index contributed by atoms with van der Waals surface area (Å²) in [6.45, 7) is 5.38. The second-order valence-corrected chi connectivity index (χ2v) is 8.03. The zero-order valence-corrected chi connectivity index (χ0v) is 19.8. The SMILES string of the molecule is CC[C@@H](c1cccc(OC(=O)Nc2ccc(C(=O)O)cc2)c1)[C@@H](C)CN(C)C.O=C(O)C(F)(F)F. The molecule has 0 radical (unpaired) electrons. The van der Waals surface area contributed by atoms with Crippen molar-refractivity contribution in [3.05, 3.63) is 59.7 Å². The first-order chi connectivity index (χ1) is 16.2. The van der Waals surface area contributed by atoms with Crippen molar-refractivity contribution in [1.82, 2.24) is 4.90 Å². The van der Waals surface area contributed by atoms with Gasteiger partial charge in [0.2, 0.25) is 0 Å². The van der Waals surface area contributed by atoms with Gasteiger partial charge in [-0.05, 0) is 74.3 Å². The van der Waals surface area contributed by atoms with Crippen LogP contribution >= 0.6 is 0 Å². The summed E-state index contributed by atoms with van der Waals surface area (Å²) in [5.74, 6) is -2.45. The van der Waals surface area contributed by atoms with Crippen LogP contribution in [0.1, 0.15) is 42.1 Å². The number of hydrogen-bond acceptors (Lipinski definition) is 5. The Labute approximate surface area is 201 Å². The molecule has 0 saturated carbocycles. The number of carbonyl (C=O) groups is 3. The van der Waals surface area contributed by atoms with Crippen LogP contribution in [0.25, 0.3) is 0 Å². The van der Waals surface area contributed by atoms with Crippen LogP contribution in [0.5, 0.6) is 5.75 Å². The number of carbonyl (C=O) groups excluding carboxylic acids is 1. The number of carboxylic acid groups (broad SMARTS) is 2. The average molecular weight is 498 g/mol. The predicted octanol–water partition coefficient (Wildman–Crippen LogP) is 5.32. The summed E-state index contributed by atoms with van der Waals surface area (Å²) in [5, 5.41) is 18.6. The van der Waals surface area contributed by atoms with E-state index in [1.165, 1.54) is 24.3 Å². The summed E-state index contributed by atoms with van der Waals surface area (Å²) in [7, 11) is 4.13. The highest BCUT2D eigenvalue weighted by Crippen LogP contribution is 2.30. The molecule has 35 heavy (non-hydrogen) atoms. The number of carboxylic acids is 2. The summed E-state index contributed by atoms with van der Waals surface area (Å²) >= 11 is 0. The van der Waals surface area contributed by atoms with Crippen molar-refractivity contribution in [2.45, 2.75) is 32.4 Å². The van der Waals surface area contributed by atoms with E-state index >= 15 is 0 Å². The van der Waals surface area contributed by atoms with Gasteiger partial charge in [0, 0.05) is 12.2 Å². The molecule has 0 bridgehead atoms. The van der Waals surface area contributed by atoms with Gasteiger partial charge in [-0.25, -0.2) is 14.4 Å². The fourth-order valence-corrected chi connectivity index (χ4v) is 3.43. The maximum atomic E-state index is 12.2. The summed E-state index contributed by atoms with van der Waals surface area (Å²) in [6, 6.07) is 13.5. The molecule has 3 N–H and O–H groups in total. The molecule has 0 heterocycles. The van der Waals surface area contributed by atoms with Crippen molar-refractivity contribution in [2.24, 2.45) is 5.92 Å². The van der Waals surface area contributed by atoms with Gasteiger partial charge in [-0.3, -0.25) is 5.32 Å². The average Bonchev–Trinajstić information content (AvgIpc) is 2.74. The number of anilines is 1.